The Morgan fingerprint density at radius 3 is 2.47 bits per heavy atom. The molecule has 0 radical (unpaired) electrons. The van der Waals surface area contributed by atoms with Crippen LogP contribution in [0.5, 0.6) is 5.75 Å². The fraction of sp³-hybridized carbons (Fsp3) is 0.308. The first kappa shape index (κ1) is 20.8. The van der Waals surface area contributed by atoms with Crippen LogP contribution in [0.1, 0.15) is 35.3 Å². The highest BCUT2D eigenvalue weighted by Crippen LogP contribution is 2.34. The van der Waals surface area contributed by atoms with E-state index in [1.54, 1.807) is 42.7 Å². The predicted molar refractivity (Wildman–Crippen MR) is 130 cm³/mol. The Balaban J connectivity index is 1.64. The van der Waals surface area contributed by atoms with Crippen LogP contribution < -0.4 is 16.0 Å². The highest BCUT2D eigenvalue weighted by molar-refractivity contribution is 7.18. The van der Waals surface area contributed by atoms with E-state index in [0.29, 0.717) is 18.0 Å². The Kier molecular flexibility index (Phi) is 5.70. The van der Waals surface area contributed by atoms with Crippen molar-refractivity contribution in [2.45, 2.75) is 45.1 Å². The maximum absolute atomic E-state index is 13.6. The van der Waals surface area contributed by atoms with Crippen molar-refractivity contribution in [2.24, 2.45) is 0 Å². The summed E-state index contributed by atoms with van der Waals surface area (Å²) in [5.41, 5.74) is 2.52. The highest BCUT2D eigenvalue weighted by Gasteiger charge is 2.24. The number of hydrogen-bond acceptors (Lipinski definition) is 4. The van der Waals surface area contributed by atoms with Crippen LogP contribution in [-0.2, 0) is 25.8 Å². The van der Waals surface area contributed by atoms with Gasteiger partial charge in [0.15, 0.2) is 0 Å². The topological polar surface area (TPSA) is 53.2 Å². The zero-order valence-corrected chi connectivity index (χ0v) is 19.0. The lowest BCUT2D eigenvalue weighted by Crippen LogP contribution is -2.39. The Labute approximate surface area is 190 Å². The monoisotopic (exact) mass is 446 g/mol. The van der Waals surface area contributed by atoms with Gasteiger partial charge in [0.25, 0.3) is 5.56 Å². The smallest absolute Gasteiger partial charge is 0.336 e. The number of thiophene rings is 1. The van der Waals surface area contributed by atoms with Crippen LogP contribution in [0.4, 0.5) is 0 Å². The number of fused-ring (bicyclic) bond motifs is 3. The second-order valence-corrected chi connectivity index (χ2v) is 9.34. The summed E-state index contributed by atoms with van der Waals surface area (Å²) in [6, 6.07) is 17.4. The number of methoxy groups -OCH3 is 1. The lowest BCUT2D eigenvalue weighted by Gasteiger charge is -2.14. The van der Waals surface area contributed by atoms with Gasteiger partial charge in [-0.2, -0.15) is 0 Å². The van der Waals surface area contributed by atoms with Gasteiger partial charge in [0.05, 0.1) is 18.2 Å². The van der Waals surface area contributed by atoms with Gasteiger partial charge in [-0.05, 0) is 73.9 Å². The standard InChI is InChI=1S/C26H26N2O3S/c1-31-20-15-13-19(14-16-20)28-24(29)23-21-11-5-6-12-22(21)32-25(23)27(26(28)30)17-7-10-18-8-3-2-4-9-18/h2-4,8-9,13-16H,5-7,10-12,17H2,1H3. The molecule has 5 nitrogen and oxygen atoms in total. The molecule has 2 aromatic carbocycles. The summed E-state index contributed by atoms with van der Waals surface area (Å²) in [5, 5.41) is 0.736. The average molecular weight is 447 g/mol. The minimum Gasteiger partial charge on any atom is -0.497 e. The largest absolute Gasteiger partial charge is 0.497 e. The Bertz CT molecular complexity index is 1360. The summed E-state index contributed by atoms with van der Waals surface area (Å²) in [6.45, 7) is 0.583. The summed E-state index contributed by atoms with van der Waals surface area (Å²) in [7, 11) is 1.60. The van der Waals surface area contributed by atoms with E-state index in [0.717, 1.165) is 54.3 Å². The molecular formula is C26H26N2O3S. The summed E-state index contributed by atoms with van der Waals surface area (Å²) < 4.78 is 8.41. The van der Waals surface area contributed by atoms with E-state index in [2.05, 4.69) is 12.1 Å². The van der Waals surface area contributed by atoms with Crippen molar-refractivity contribution in [3.63, 3.8) is 0 Å². The van der Waals surface area contributed by atoms with Crippen molar-refractivity contribution in [3.05, 3.63) is 91.4 Å². The molecule has 32 heavy (non-hydrogen) atoms. The molecule has 0 N–H and O–H groups in total. The molecule has 0 saturated carbocycles. The van der Waals surface area contributed by atoms with Crippen LogP contribution in [0.25, 0.3) is 15.9 Å². The molecule has 0 spiro atoms. The number of aryl methyl sites for hydroxylation is 4. The number of rotatable bonds is 6. The first-order valence-electron chi connectivity index (χ1n) is 11.2. The number of ether oxygens (including phenoxy) is 1. The minimum absolute atomic E-state index is 0.200. The zero-order chi connectivity index (χ0) is 22.1. The number of benzene rings is 2. The molecule has 0 atom stereocenters. The van der Waals surface area contributed by atoms with Crippen LogP contribution in [0.3, 0.4) is 0 Å². The summed E-state index contributed by atoms with van der Waals surface area (Å²) in [4.78, 5) is 29.3. The zero-order valence-electron chi connectivity index (χ0n) is 18.2. The first-order valence-corrected chi connectivity index (χ1v) is 12.0. The molecule has 4 aromatic rings. The molecule has 0 bridgehead atoms. The van der Waals surface area contributed by atoms with E-state index in [1.165, 1.54) is 15.0 Å². The second kappa shape index (κ2) is 8.79. The maximum Gasteiger partial charge on any atom is 0.336 e. The number of hydrogen-bond donors (Lipinski definition) is 0. The predicted octanol–water partition coefficient (Wildman–Crippen LogP) is 4.73. The molecule has 0 fully saturated rings. The van der Waals surface area contributed by atoms with E-state index in [1.807, 2.05) is 22.8 Å². The summed E-state index contributed by atoms with van der Waals surface area (Å²) in [5.74, 6) is 0.693. The Morgan fingerprint density at radius 2 is 1.72 bits per heavy atom. The van der Waals surface area contributed by atoms with Gasteiger partial charge in [0.2, 0.25) is 0 Å². The molecule has 0 aliphatic heterocycles. The van der Waals surface area contributed by atoms with Gasteiger partial charge in [-0.25, -0.2) is 9.36 Å². The molecule has 1 aliphatic carbocycles. The Hall–Kier alpha value is -3.12. The van der Waals surface area contributed by atoms with Crippen LogP contribution in [0.2, 0.25) is 0 Å². The Morgan fingerprint density at radius 1 is 0.969 bits per heavy atom. The van der Waals surface area contributed by atoms with Crippen LogP contribution in [0.15, 0.2) is 64.2 Å². The molecule has 0 unspecified atom stereocenters. The third kappa shape index (κ3) is 3.69. The summed E-state index contributed by atoms with van der Waals surface area (Å²) >= 11 is 1.64. The molecule has 0 saturated heterocycles. The van der Waals surface area contributed by atoms with Crippen molar-refractivity contribution >= 4 is 21.6 Å². The lowest BCUT2D eigenvalue weighted by atomic mass is 9.97. The van der Waals surface area contributed by atoms with E-state index in [9.17, 15) is 9.59 Å². The fourth-order valence-electron chi connectivity index (χ4n) is 4.61. The number of nitrogens with zero attached hydrogens (tertiary/aromatic N) is 2. The van der Waals surface area contributed by atoms with Crippen LogP contribution >= 0.6 is 11.3 Å². The summed E-state index contributed by atoms with van der Waals surface area (Å²) in [6.07, 6.45) is 5.87. The molecule has 2 heterocycles. The van der Waals surface area contributed by atoms with Crippen LogP contribution in [0, 0.1) is 0 Å². The second-order valence-electron chi connectivity index (χ2n) is 8.25. The van der Waals surface area contributed by atoms with Crippen molar-refractivity contribution in [1.82, 2.24) is 9.13 Å². The van der Waals surface area contributed by atoms with E-state index in [-0.39, 0.29) is 11.2 Å². The molecule has 1 aliphatic rings. The first-order chi connectivity index (χ1) is 15.7. The highest BCUT2D eigenvalue weighted by atomic mass is 32.1. The van der Waals surface area contributed by atoms with Crippen molar-refractivity contribution in [1.29, 1.82) is 0 Å². The third-order valence-corrected chi connectivity index (χ3v) is 7.57. The van der Waals surface area contributed by atoms with Crippen molar-refractivity contribution in [2.75, 3.05) is 7.11 Å². The number of aromatic nitrogens is 2. The van der Waals surface area contributed by atoms with Gasteiger partial charge in [0.1, 0.15) is 10.6 Å². The van der Waals surface area contributed by atoms with Crippen LogP contribution in [-0.4, -0.2) is 16.2 Å². The van der Waals surface area contributed by atoms with Crippen molar-refractivity contribution in [3.8, 4) is 11.4 Å². The maximum atomic E-state index is 13.6. The van der Waals surface area contributed by atoms with Gasteiger partial charge in [-0.15, -0.1) is 11.3 Å². The third-order valence-electron chi connectivity index (χ3n) is 6.26. The van der Waals surface area contributed by atoms with E-state index < -0.39 is 0 Å². The van der Waals surface area contributed by atoms with Gasteiger partial charge in [-0.3, -0.25) is 9.36 Å². The van der Waals surface area contributed by atoms with E-state index in [4.69, 9.17) is 4.74 Å². The minimum atomic E-state index is -0.265. The molecule has 6 heteroatoms. The van der Waals surface area contributed by atoms with Gasteiger partial charge >= 0.3 is 5.69 Å². The normalized spacial score (nSPS) is 13.3. The quantitative estimate of drug-likeness (QED) is 0.430. The lowest BCUT2D eigenvalue weighted by molar-refractivity contribution is 0.414. The van der Waals surface area contributed by atoms with Gasteiger partial charge in [0, 0.05) is 11.4 Å². The van der Waals surface area contributed by atoms with Gasteiger partial charge < -0.3 is 4.74 Å². The average Bonchev–Trinajstić information content (AvgIpc) is 3.22. The molecule has 0 amide bonds. The van der Waals surface area contributed by atoms with Gasteiger partial charge in [-0.1, -0.05) is 30.3 Å². The SMILES string of the molecule is COc1ccc(-n2c(=O)c3c4c(sc3n(CCCc3ccccc3)c2=O)CCCC4)cc1. The molecule has 5 rings (SSSR count). The molecule has 2 aromatic heterocycles. The fourth-order valence-corrected chi connectivity index (χ4v) is 6.01. The molecular weight excluding hydrogens is 420 g/mol. The van der Waals surface area contributed by atoms with E-state index >= 15 is 0 Å². The van der Waals surface area contributed by atoms with Crippen molar-refractivity contribution < 1.29 is 4.74 Å². The molecule has 164 valence electrons.